The first kappa shape index (κ1) is 23.5. The van der Waals surface area contributed by atoms with Crippen molar-refractivity contribution in [2.45, 2.75) is 44.2 Å². The maximum atomic E-state index is 14.2. The second kappa shape index (κ2) is 10.9. The SMILES string of the molecule is COC(=O)CC[C@H]1CN(C2CCN(C)CC2)CC[C@H]1N1CCN(c2ccccc2F)CC1. The Morgan fingerprint density at radius 3 is 2.41 bits per heavy atom. The van der Waals surface area contributed by atoms with Crippen molar-refractivity contribution in [2.24, 2.45) is 5.92 Å². The maximum absolute atomic E-state index is 14.2. The lowest BCUT2D eigenvalue weighted by atomic mass is 9.85. The van der Waals surface area contributed by atoms with Gasteiger partial charge in [0, 0.05) is 51.2 Å². The highest BCUT2D eigenvalue weighted by Crippen LogP contribution is 2.31. The summed E-state index contributed by atoms with van der Waals surface area (Å²) >= 11 is 0. The molecule has 3 heterocycles. The van der Waals surface area contributed by atoms with Gasteiger partial charge in [-0.2, -0.15) is 0 Å². The van der Waals surface area contributed by atoms with Crippen LogP contribution in [-0.2, 0) is 9.53 Å². The van der Waals surface area contributed by atoms with E-state index < -0.39 is 0 Å². The van der Waals surface area contributed by atoms with Crippen molar-refractivity contribution in [1.82, 2.24) is 14.7 Å². The first-order chi connectivity index (χ1) is 15.5. The lowest BCUT2D eigenvalue weighted by Crippen LogP contribution is -2.58. The summed E-state index contributed by atoms with van der Waals surface area (Å²) in [6.45, 7) is 8.15. The van der Waals surface area contributed by atoms with E-state index in [0.29, 0.717) is 30.1 Å². The molecule has 0 aliphatic carbocycles. The van der Waals surface area contributed by atoms with Gasteiger partial charge in [0.25, 0.3) is 0 Å². The first-order valence-electron chi connectivity index (χ1n) is 12.3. The van der Waals surface area contributed by atoms with Crippen LogP contribution in [0.5, 0.6) is 0 Å². The summed E-state index contributed by atoms with van der Waals surface area (Å²) in [4.78, 5) is 21.8. The summed E-state index contributed by atoms with van der Waals surface area (Å²) in [5, 5.41) is 0. The van der Waals surface area contributed by atoms with E-state index in [1.807, 2.05) is 12.1 Å². The summed E-state index contributed by atoms with van der Waals surface area (Å²) in [7, 11) is 3.69. The van der Waals surface area contributed by atoms with Gasteiger partial charge in [-0.15, -0.1) is 0 Å². The Bertz CT molecular complexity index is 747. The molecule has 0 N–H and O–H groups in total. The van der Waals surface area contributed by atoms with Crippen molar-refractivity contribution in [3.63, 3.8) is 0 Å². The molecular formula is C25H39FN4O2. The molecule has 6 nitrogen and oxygen atoms in total. The Labute approximate surface area is 192 Å². The molecule has 0 bridgehead atoms. The molecule has 0 aromatic heterocycles. The van der Waals surface area contributed by atoms with Crippen molar-refractivity contribution in [3.8, 4) is 0 Å². The van der Waals surface area contributed by atoms with E-state index in [0.717, 1.165) is 52.1 Å². The Kier molecular flexibility index (Phi) is 8.02. The van der Waals surface area contributed by atoms with Crippen molar-refractivity contribution < 1.29 is 13.9 Å². The fourth-order valence-electron chi connectivity index (χ4n) is 5.91. The second-order valence-electron chi connectivity index (χ2n) is 9.73. The summed E-state index contributed by atoms with van der Waals surface area (Å²) in [6, 6.07) is 8.24. The number of hydrogen-bond donors (Lipinski definition) is 0. The maximum Gasteiger partial charge on any atom is 0.305 e. The fourth-order valence-corrected chi connectivity index (χ4v) is 5.91. The number of piperazine rings is 1. The van der Waals surface area contributed by atoms with Crippen LogP contribution in [0.1, 0.15) is 32.1 Å². The highest BCUT2D eigenvalue weighted by atomic mass is 19.1. The minimum Gasteiger partial charge on any atom is -0.469 e. The molecule has 3 fully saturated rings. The Balaban J connectivity index is 1.38. The fraction of sp³-hybridized carbons (Fsp3) is 0.720. The Morgan fingerprint density at radius 2 is 1.72 bits per heavy atom. The van der Waals surface area contributed by atoms with Gasteiger partial charge in [0.2, 0.25) is 0 Å². The summed E-state index contributed by atoms with van der Waals surface area (Å²) in [5.74, 6) is 0.232. The molecule has 0 spiro atoms. The highest BCUT2D eigenvalue weighted by Gasteiger charge is 2.37. The number of anilines is 1. The van der Waals surface area contributed by atoms with Gasteiger partial charge in [-0.05, 0) is 70.4 Å². The number of methoxy groups -OCH3 is 1. The van der Waals surface area contributed by atoms with Gasteiger partial charge in [0.05, 0.1) is 12.8 Å². The number of ether oxygens (including phenoxy) is 1. The van der Waals surface area contributed by atoms with Crippen LogP contribution in [0.4, 0.5) is 10.1 Å². The molecule has 2 atom stereocenters. The van der Waals surface area contributed by atoms with E-state index in [2.05, 4.69) is 26.6 Å². The van der Waals surface area contributed by atoms with Crippen LogP contribution in [0.2, 0.25) is 0 Å². The Hall–Kier alpha value is -1.70. The highest BCUT2D eigenvalue weighted by molar-refractivity contribution is 5.69. The average Bonchev–Trinajstić information content (AvgIpc) is 2.83. The molecular weight excluding hydrogens is 407 g/mol. The van der Waals surface area contributed by atoms with Crippen molar-refractivity contribution >= 4 is 11.7 Å². The molecule has 1 aromatic carbocycles. The smallest absolute Gasteiger partial charge is 0.305 e. The van der Waals surface area contributed by atoms with Crippen molar-refractivity contribution in [3.05, 3.63) is 30.1 Å². The van der Waals surface area contributed by atoms with E-state index >= 15 is 0 Å². The van der Waals surface area contributed by atoms with Crippen LogP contribution < -0.4 is 4.90 Å². The summed E-state index contributed by atoms with van der Waals surface area (Å²) in [6.07, 6.45) is 5.01. The number of halogens is 1. The average molecular weight is 447 g/mol. The van der Waals surface area contributed by atoms with Crippen LogP contribution in [0.3, 0.4) is 0 Å². The third-order valence-electron chi connectivity index (χ3n) is 7.85. The van der Waals surface area contributed by atoms with Gasteiger partial charge in [0.15, 0.2) is 0 Å². The van der Waals surface area contributed by atoms with Crippen molar-refractivity contribution in [2.75, 3.05) is 71.4 Å². The van der Waals surface area contributed by atoms with E-state index in [4.69, 9.17) is 4.74 Å². The zero-order valence-corrected chi connectivity index (χ0v) is 19.7. The largest absolute Gasteiger partial charge is 0.469 e. The molecule has 1 aromatic rings. The number of carbonyl (C=O) groups excluding carboxylic acids is 1. The number of benzene rings is 1. The van der Waals surface area contributed by atoms with Gasteiger partial charge < -0.3 is 14.5 Å². The number of para-hydroxylation sites is 1. The predicted octanol–water partition coefficient (Wildman–Crippen LogP) is 2.69. The third kappa shape index (κ3) is 5.61. The van der Waals surface area contributed by atoms with Crippen LogP contribution in [0.15, 0.2) is 24.3 Å². The normalized spacial score (nSPS) is 26.9. The van der Waals surface area contributed by atoms with E-state index in [1.165, 1.54) is 33.0 Å². The van der Waals surface area contributed by atoms with E-state index in [1.54, 1.807) is 12.1 Å². The third-order valence-corrected chi connectivity index (χ3v) is 7.85. The molecule has 4 rings (SSSR count). The van der Waals surface area contributed by atoms with Gasteiger partial charge in [-0.25, -0.2) is 4.39 Å². The zero-order chi connectivity index (χ0) is 22.5. The number of esters is 1. The number of nitrogens with zero attached hydrogens (tertiary/aromatic N) is 4. The minimum absolute atomic E-state index is 0.107. The lowest BCUT2D eigenvalue weighted by molar-refractivity contribution is -0.141. The van der Waals surface area contributed by atoms with Crippen LogP contribution in [-0.4, -0.2) is 99.3 Å². The monoisotopic (exact) mass is 446 g/mol. The molecule has 178 valence electrons. The lowest BCUT2D eigenvalue weighted by Gasteiger charge is -2.49. The molecule has 0 unspecified atom stereocenters. The molecule has 3 saturated heterocycles. The topological polar surface area (TPSA) is 39.3 Å². The van der Waals surface area contributed by atoms with Crippen LogP contribution in [0, 0.1) is 11.7 Å². The molecule has 7 heteroatoms. The molecule has 0 radical (unpaired) electrons. The number of hydrogen-bond acceptors (Lipinski definition) is 6. The molecule has 32 heavy (non-hydrogen) atoms. The minimum atomic E-state index is -0.136. The quantitative estimate of drug-likeness (QED) is 0.626. The second-order valence-corrected chi connectivity index (χ2v) is 9.73. The number of carbonyl (C=O) groups is 1. The zero-order valence-electron chi connectivity index (χ0n) is 19.7. The number of piperidine rings is 2. The van der Waals surface area contributed by atoms with Gasteiger partial charge >= 0.3 is 5.97 Å². The van der Waals surface area contributed by atoms with Gasteiger partial charge in [0.1, 0.15) is 5.82 Å². The first-order valence-corrected chi connectivity index (χ1v) is 12.3. The molecule has 0 amide bonds. The van der Waals surface area contributed by atoms with E-state index in [-0.39, 0.29) is 11.8 Å². The Morgan fingerprint density at radius 1 is 1.00 bits per heavy atom. The summed E-state index contributed by atoms with van der Waals surface area (Å²) in [5.41, 5.74) is 0.714. The summed E-state index contributed by atoms with van der Waals surface area (Å²) < 4.78 is 19.2. The molecule has 3 aliphatic rings. The predicted molar refractivity (Wildman–Crippen MR) is 125 cm³/mol. The van der Waals surface area contributed by atoms with Crippen LogP contribution in [0.25, 0.3) is 0 Å². The van der Waals surface area contributed by atoms with Crippen molar-refractivity contribution in [1.29, 1.82) is 0 Å². The standard InChI is InChI=1S/C25H39FN4O2/c1-27-12-9-21(10-13-27)30-14-11-23(20(19-30)7-8-25(31)32-2)28-15-17-29(18-16-28)24-6-4-3-5-22(24)26/h3-6,20-21,23H,7-19H2,1-2H3/t20-,23+/m0/s1. The molecule has 3 aliphatic heterocycles. The van der Waals surface area contributed by atoms with E-state index in [9.17, 15) is 9.18 Å². The van der Waals surface area contributed by atoms with Crippen LogP contribution >= 0.6 is 0 Å². The number of likely N-dealkylation sites (tertiary alicyclic amines) is 2. The van der Waals surface area contributed by atoms with Gasteiger partial charge in [-0.3, -0.25) is 14.6 Å². The van der Waals surface area contributed by atoms with Gasteiger partial charge in [-0.1, -0.05) is 12.1 Å². The number of rotatable bonds is 6. The molecule has 0 saturated carbocycles.